The number of hydrogen-bond acceptors (Lipinski definition) is 4. The third kappa shape index (κ3) is 3.41. The maximum atomic E-state index is 5.90. The van der Waals surface area contributed by atoms with Gasteiger partial charge in [0.05, 0.1) is 12.2 Å². The van der Waals surface area contributed by atoms with Crippen LogP contribution >= 0.6 is 0 Å². The summed E-state index contributed by atoms with van der Waals surface area (Å²) in [5, 5.41) is 3.42. The van der Waals surface area contributed by atoms with Crippen LogP contribution in [0.3, 0.4) is 0 Å². The minimum absolute atomic E-state index is 0.371. The molecule has 2 fully saturated rings. The Bertz CT molecular complexity index is 192. The average Bonchev–Trinajstić information content (AvgIpc) is 2.22. The number of hydrogen-bond donors (Lipinski definition) is 1. The lowest BCUT2D eigenvalue weighted by atomic mass is 10.2. The van der Waals surface area contributed by atoms with Gasteiger partial charge in [-0.25, -0.2) is 0 Å². The van der Waals surface area contributed by atoms with E-state index in [4.69, 9.17) is 4.74 Å². The van der Waals surface area contributed by atoms with E-state index in [9.17, 15) is 0 Å². The normalized spacial score (nSPS) is 35.6. The van der Waals surface area contributed by atoms with Gasteiger partial charge in [0.2, 0.25) is 0 Å². The van der Waals surface area contributed by atoms with Crippen LogP contribution in [-0.2, 0) is 4.74 Å². The standard InChI is InChI=1S/C11H23N3O/c1-10-7-12-8-11(15-10)9-14-5-3-13(2)4-6-14/h10-12H,3-9H2,1-2H3/t10-,11+/m1/s1. The average molecular weight is 213 g/mol. The van der Waals surface area contributed by atoms with E-state index in [1.807, 2.05) is 0 Å². The van der Waals surface area contributed by atoms with Crippen molar-refractivity contribution in [2.45, 2.75) is 19.1 Å². The van der Waals surface area contributed by atoms with Crippen LogP contribution in [0.4, 0.5) is 0 Å². The van der Waals surface area contributed by atoms with Crippen LogP contribution in [0.2, 0.25) is 0 Å². The highest BCUT2D eigenvalue weighted by Crippen LogP contribution is 2.07. The molecule has 2 saturated heterocycles. The molecule has 4 heteroatoms. The first-order valence-electron chi connectivity index (χ1n) is 6.01. The number of rotatable bonds is 2. The van der Waals surface area contributed by atoms with Gasteiger partial charge in [0.1, 0.15) is 0 Å². The summed E-state index contributed by atoms with van der Waals surface area (Å²) in [4.78, 5) is 4.91. The van der Waals surface area contributed by atoms with Crippen molar-refractivity contribution < 1.29 is 4.74 Å². The van der Waals surface area contributed by atoms with E-state index >= 15 is 0 Å². The quantitative estimate of drug-likeness (QED) is 0.676. The van der Waals surface area contributed by atoms with Crippen LogP contribution < -0.4 is 5.32 Å². The van der Waals surface area contributed by atoms with Crippen molar-refractivity contribution in [2.75, 3.05) is 52.9 Å². The number of piperazine rings is 1. The minimum atomic E-state index is 0.371. The minimum Gasteiger partial charge on any atom is -0.371 e. The molecule has 0 amide bonds. The Morgan fingerprint density at radius 3 is 2.60 bits per heavy atom. The largest absolute Gasteiger partial charge is 0.371 e. The van der Waals surface area contributed by atoms with Crippen LogP contribution in [0.15, 0.2) is 0 Å². The second kappa shape index (κ2) is 5.25. The number of nitrogens with one attached hydrogen (secondary N) is 1. The van der Waals surface area contributed by atoms with Crippen molar-refractivity contribution in [1.82, 2.24) is 15.1 Å². The van der Waals surface area contributed by atoms with Crippen molar-refractivity contribution in [3.63, 3.8) is 0 Å². The van der Waals surface area contributed by atoms with Crippen LogP contribution in [0.1, 0.15) is 6.92 Å². The summed E-state index contributed by atoms with van der Waals surface area (Å²) in [7, 11) is 2.19. The molecular formula is C11H23N3O. The highest BCUT2D eigenvalue weighted by atomic mass is 16.5. The lowest BCUT2D eigenvalue weighted by Gasteiger charge is -2.37. The number of nitrogens with zero attached hydrogens (tertiary/aromatic N) is 2. The molecule has 0 radical (unpaired) electrons. The van der Waals surface area contributed by atoms with Gasteiger partial charge in [-0.05, 0) is 14.0 Å². The monoisotopic (exact) mass is 213 g/mol. The van der Waals surface area contributed by atoms with Gasteiger partial charge in [0, 0.05) is 45.8 Å². The molecular weight excluding hydrogens is 190 g/mol. The van der Waals surface area contributed by atoms with Crippen molar-refractivity contribution in [2.24, 2.45) is 0 Å². The van der Waals surface area contributed by atoms with Gasteiger partial charge in [-0.15, -0.1) is 0 Å². The predicted octanol–water partition coefficient (Wildman–Crippen LogP) is -0.389. The molecule has 0 aromatic rings. The first-order chi connectivity index (χ1) is 7.24. The van der Waals surface area contributed by atoms with Crippen molar-refractivity contribution in [1.29, 1.82) is 0 Å². The fraction of sp³-hybridized carbons (Fsp3) is 1.00. The summed E-state index contributed by atoms with van der Waals surface area (Å²) < 4.78 is 5.90. The molecule has 0 aromatic carbocycles. The van der Waals surface area contributed by atoms with Gasteiger partial charge in [0.15, 0.2) is 0 Å². The van der Waals surface area contributed by atoms with Gasteiger partial charge in [-0.1, -0.05) is 0 Å². The SMILES string of the molecule is C[C@@H]1CNC[C@@H](CN2CCN(C)CC2)O1. The van der Waals surface area contributed by atoms with Crippen molar-refractivity contribution in [3.05, 3.63) is 0 Å². The third-order valence-electron chi connectivity index (χ3n) is 3.29. The topological polar surface area (TPSA) is 27.7 Å². The fourth-order valence-corrected chi connectivity index (χ4v) is 2.30. The van der Waals surface area contributed by atoms with Crippen LogP contribution in [0.5, 0.6) is 0 Å². The molecule has 0 aromatic heterocycles. The van der Waals surface area contributed by atoms with Gasteiger partial charge in [-0.2, -0.15) is 0 Å². The molecule has 15 heavy (non-hydrogen) atoms. The molecule has 2 rings (SSSR count). The number of likely N-dealkylation sites (N-methyl/N-ethyl adjacent to an activating group) is 1. The Kier molecular flexibility index (Phi) is 3.97. The van der Waals surface area contributed by atoms with E-state index < -0.39 is 0 Å². The maximum absolute atomic E-state index is 5.90. The summed E-state index contributed by atoms with van der Waals surface area (Å²) in [6.45, 7) is 9.99. The molecule has 0 spiro atoms. The van der Waals surface area contributed by atoms with E-state index in [1.54, 1.807) is 0 Å². The Balaban J connectivity index is 1.71. The molecule has 2 aliphatic heterocycles. The Morgan fingerprint density at radius 2 is 1.93 bits per heavy atom. The summed E-state index contributed by atoms with van der Waals surface area (Å²) >= 11 is 0. The summed E-state index contributed by atoms with van der Waals surface area (Å²) in [6.07, 6.45) is 0.758. The third-order valence-corrected chi connectivity index (χ3v) is 3.29. The molecule has 1 N–H and O–H groups in total. The van der Waals surface area contributed by atoms with Crippen molar-refractivity contribution >= 4 is 0 Å². The molecule has 0 aliphatic carbocycles. The number of morpholine rings is 1. The predicted molar refractivity (Wildman–Crippen MR) is 61.1 cm³/mol. The zero-order valence-electron chi connectivity index (χ0n) is 9.91. The lowest BCUT2D eigenvalue weighted by Crippen LogP contribution is -2.52. The van der Waals surface area contributed by atoms with E-state index in [2.05, 4.69) is 29.1 Å². The van der Waals surface area contributed by atoms with E-state index in [1.165, 1.54) is 26.2 Å². The van der Waals surface area contributed by atoms with Crippen LogP contribution in [0, 0.1) is 0 Å². The van der Waals surface area contributed by atoms with Gasteiger partial charge >= 0.3 is 0 Å². The van der Waals surface area contributed by atoms with E-state index in [0.717, 1.165) is 19.6 Å². The second-order valence-corrected chi connectivity index (χ2v) is 4.83. The van der Waals surface area contributed by atoms with Gasteiger partial charge in [-0.3, -0.25) is 4.90 Å². The Labute approximate surface area is 92.6 Å². The lowest BCUT2D eigenvalue weighted by molar-refractivity contribution is -0.0465. The summed E-state index contributed by atoms with van der Waals surface area (Å²) in [5.41, 5.74) is 0. The molecule has 88 valence electrons. The van der Waals surface area contributed by atoms with Gasteiger partial charge in [0.25, 0.3) is 0 Å². The molecule has 0 saturated carbocycles. The second-order valence-electron chi connectivity index (χ2n) is 4.83. The summed E-state index contributed by atoms with van der Waals surface area (Å²) in [5.74, 6) is 0. The maximum Gasteiger partial charge on any atom is 0.0830 e. The highest BCUT2D eigenvalue weighted by molar-refractivity contribution is 4.78. The molecule has 2 aliphatic rings. The summed E-state index contributed by atoms with van der Waals surface area (Å²) in [6, 6.07) is 0. The van der Waals surface area contributed by atoms with Crippen molar-refractivity contribution in [3.8, 4) is 0 Å². The first kappa shape index (κ1) is 11.3. The van der Waals surface area contributed by atoms with E-state index in [-0.39, 0.29) is 0 Å². The molecule has 2 atom stereocenters. The fourth-order valence-electron chi connectivity index (χ4n) is 2.30. The van der Waals surface area contributed by atoms with E-state index in [0.29, 0.717) is 12.2 Å². The molecule has 0 bridgehead atoms. The zero-order valence-corrected chi connectivity index (χ0v) is 9.91. The molecule has 0 unspecified atom stereocenters. The molecule has 4 nitrogen and oxygen atoms in total. The smallest absolute Gasteiger partial charge is 0.0830 e. The molecule has 2 heterocycles. The number of ether oxygens (including phenoxy) is 1. The highest BCUT2D eigenvalue weighted by Gasteiger charge is 2.22. The Hall–Kier alpha value is -0.160. The van der Waals surface area contributed by atoms with Crippen LogP contribution in [-0.4, -0.2) is 74.9 Å². The Morgan fingerprint density at radius 1 is 1.20 bits per heavy atom. The van der Waals surface area contributed by atoms with Gasteiger partial charge < -0.3 is 15.0 Å². The zero-order chi connectivity index (χ0) is 10.7. The first-order valence-corrected chi connectivity index (χ1v) is 6.01. The van der Waals surface area contributed by atoms with Crippen LogP contribution in [0.25, 0.3) is 0 Å².